The standard InChI is InChI=1S/C9H5Br2IS/c10-4-5-3-7-6(1-2-13-7)8(11)9(5)12/h1-3H,4H2. The van der Waals surface area contributed by atoms with Crippen molar-refractivity contribution >= 4 is 75.9 Å². The van der Waals surface area contributed by atoms with Gasteiger partial charge < -0.3 is 0 Å². The summed E-state index contributed by atoms with van der Waals surface area (Å²) in [6.07, 6.45) is 0. The van der Waals surface area contributed by atoms with E-state index in [2.05, 4.69) is 72.0 Å². The van der Waals surface area contributed by atoms with E-state index in [0.29, 0.717) is 0 Å². The third kappa shape index (κ3) is 1.82. The Labute approximate surface area is 111 Å². The van der Waals surface area contributed by atoms with E-state index in [0.717, 1.165) is 5.33 Å². The molecule has 0 N–H and O–H groups in total. The Morgan fingerprint density at radius 1 is 1.46 bits per heavy atom. The second kappa shape index (κ2) is 4.16. The molecule has 0 spiro atoms. The van der Waals surface area contributed by atoms with E-state index < -0.39 is 0 Å². The highest BCUT2D eigenvalue weighted by molar-refractivity contribution is 14.1. The molecule has 0 amide bonds. The molecule has 2 aromatic rings. The molecule has 0 nitrogen and oxygen atoms in total. The second-order valence-electron chi connectivity index (χ2n) is 2.63. The summed E-state index contributed by atoms with van der Waals surface area (Å²) in [5, 5.41) is 4.36. The smallest absolute Gasteiger partial charge is 0.0398 e. The molecular weight excluding hydrogens is 427 g/mol. The van der Waals surface area contributed by atoms with E-state index in [1.54, 1.807) is 11.3 Å². The van der Waals surface area contributed by atoms with Crippen LogP contribution in [0.15, 0.2) is 22.0 Å². The molecular formula is C9H5Br2IS. The number of rotatable bonds is 1. The predicted octanol–water partition coefficient (Wildman–Crippen LogP) is 5.16. The predicted molar refractivity (Wildman–Crippen MR) is 74.9 cm³/mol. The number of hydrogen-bond acceptors (Lipinski definition) is 1. The molecule has 0 saturated heterocycles. The van der Waals surface area contributed by atoms with E-state index in [1.165, 1.54) is 23.7 Å². The first-order chi connectivity index (χ1) is 6.24. The monoisotopic (exact) mass is 430 g/mol. The Morgan fingerprint density at radius 3 is 2.92 bits per heavy atom. The summed E-state index contributed by atoms with van der Waals surface area (Å²) in [4.78, 5) is 0. The van der Waals surface area contributed by atoms with E-state index in [9.17, 15) is 0 Å². The van der Waals surface area contributed by atoms with Crippen molar-refractivity contribution in [3.63, 3.8) is 0 Å². The Bertz CT molecular complexity index is 450. The molecule has 0 unspecified atom stereocenters. The lowest BCUT2D eigenvalue weighted by atomic mass is 10.2. The van der Waals surface area contributed by atoms with Crippen molar-refractivity contribution in [2.75, 3.05) is 0 Å². The molecule has 0 bridgehead atoms. The minimum atomic E-state index is 0.914. The molecule has 1 heterocycles. The summed E-state index contributed by atoms with van der Waals surface area (Å²) in [5.74, 6) is 0. The summed E-state index contributed by atoms with van der Waals surface area (Å²) in [5.41, 5.74) is 1.35. The average molecular weight is 432 g/mol. The molecule has 0 atom stereocenters. The number of hydrogen-bond donors (Lipinski definition) is 0. The van der Waals surface area contributed by atoms with Gasteiger partial charge in [0.2, 0.25) is 0 Å². The van der Waals surface area contributed by atoms with Crippen LogP contribution in [0, 0.1) is 3.57 Å². The van der Waals surface area contributed by atoms with E-state index >= 15 is 0 Å². The van der Waals surface area contributed by atoms with E-state index in [1.807, 2.05) is 0 Å². The van der Waals surface area contributed by atoms with Gasteiger partial charge >= 0.3 is 0 Å². The van der Waals surface area contributed by atoms with Gasteiger partial charge in [0.25, 0.3) is 0 Å². The van der Waals surface area contributed by atoms with Gasteiger partial charge in [0, 0.05) is 23.5 Å². The zero-order valence-corrected chi connectivity index (χ0v) is 12.6. The number of benzene rings is 1. The largest absolute Gasteiger partial charge is 0.144 e. The lowest BCUT2D eigenvalue weighted by molar-refractivity contribution is 1.41. The summed E-state index contributed by atoms with van der Waals surface area (Å²) in [6, 6.07) is 4.41. The fourth-order valence-electron chi connectivity index (χ4n) is 1.19. The first-order valence-corrected chi connectivity index (χ1v) is 7.51. The minimum absolute atomic E-state index is 0.914. The first-order valence-electron chi connectivity index (χ1n) is 3.64. The van der Waals surface area contributed by atoms with Gasteiger partial charge in [-0.15, -0.1) is 11.3 Å². The van der Waals surface area contributed by atoms with E-state index in [4.69, 9.17) is 0 Å². The highest BCUT2D eigenvalue weighted by Crippen LogP contribution is 2.35. The van der Waals surface area contributed by atoms with Gasteiger partial charge in [-0.2, -0.15) is 0 Å². The molecule has 1 aromatic heterocycles. The summed E-state index contributed by atoms with van der Waals surface area (Å²) in [6.45, 7) is 0. The Balaban J connectivity index is 2.83. The van der Waals surface area contributed by atoms with Crippen LogP contribution in [-0.4, -0.2) is 0 Å². The maximum absolute atomic E-state index is 3.63. The topological polar surface area (TPSA) is 0 Å². The van der Waals surface area contributed by atoms with Crippen molar-refractivity contribution in [3.8, 4) is 0 Å². The van der Waals surface area contributed by atoms with Crippen LogP contribution in [0.2, 0.25) is 0 Å². The molecule has 2 rings (SSSR count). The summed E-state index contributed by atoms with van der Waals surface area (Å²) < 4.78 is 3.88. The minimum Gasteiger partial charge on any atom is -0.144 e. The molecule has 0 aliphatic carbocycles. The van der Waals surface area contributed by atoms with Gasteiger partial charge in [0.1, 0.15) is 0 Å². The average Bonchev–Trinajstić information content (AvgIpc) is 2.59. The van der Waals surface area contributed by atoms with Crippen LogP contribution >= 0.6 is 65.8 Å². The van der Waals surface area contributed by atoms with Crippen molar-refractivity contribution in [3.05, 3.63) is 31.1 Å². The van der Waals surface area contributed by atoms with Gasteiger partial charge in [-0.1, -0.05) is 15.9 Å². The molecule has 0 radical (unpaired) electrons. The van der Waals surface area contributed by atoms with Crippen LogP contribution in [0.1, 0.15) is 5.56 Å². The Hall–Kier alpha value is 0.870. The zero-order chi connectivity index (χ0) is 9.42. The highest BCUT2D eigenvalue weighted by atomic mass is 127. The fraction of sp³-hybridized carbons (Fsp3) is 0.111. The number of alkyl halides is 1. The van der Waals surface area contributed by atoms with Gasteiger partial charge in [0.05, 0.1) is 0 Å². The number of fused-ring (bicyclic) bond motifs is 1. The van der Waals surface area contributed by atoms with Crippen molar-refractivity contribution in [2.45, 2.75) is 5.33 Å². The number of thiophene rings is 1. The van der Waals surface area contributed by atoms with Crippen molar-refractivity contribution in [1.29, 1.82) is 0 Å². The van der Waals surface area contributed by atoms with Gasteiger partial charge in [-0.05, 0) is 61.6 Å². The summed E-state index contributed by atoms with van der Waals surface area (Å²) in [7, 11) is 0. The highest BCUT2D eigenvalue weighted by Gasteiger charge is 2.08. The third-order valence-corrected chi connectivity index (χ3v) is 6.12. The van der Waals surface area contributed by atoms with Crippen LogP contribution < -0.4 is 0 Å². The Morgan fingerprint density at radius 2 is 2.23 bits per heavy atom. The molecule has 0 fully saturated rings. The zero-order valence-electron chi connectivity index (χ0n) is 6.48. The van der Waals surface area contributed by atoms with Crippen LogP contribution in [0.4, 0.5) is 0 Å². The number of halogens is 3. The second-order valence-corrected chi connectivity index (χ2v) is 6.01. The van der Waals surface area contributed by atoms with Crippen molar-refractivity contribution in [1.82, 2.24) is 0 Å². The SMILES string of the molecule is BrCc1cc2sccc2c(Br)c1I. The first kappa shape index (κ1) is 10.4. The lowest BCUT2D eigenvalue weighted by Crippen LogP contribution is -1.85. The molecule has 1 aromatic carbocycles. The normalized spacial score (nSPS) is 11.0. The lowest BCUT2D eigenvalue weighted by Gasteiger charge is -2.04. The van der Waals surface area contributed by atoms with Crippen LogP contribution in [0.25, 0.3) is 10.1 Å². The quantitative estimate of drug-likeness (QED) is 0.432. The van der Waals surface area contributed by atoms with Crippen LogP contribution in [-0.2, 0) is 5.33 Å². The van der Waals surface area contributed by atoms with Crippen LogP contribution in [0.5, 0.6) is 0 Å². The maximum Gasteiger partial charge on any atom is 0.0398 e. The van der Waals surface area contributed by atoms with Crippen molar-refractivity contribution in [2.24, 2.45) is 0 Å². The van der Waals surface area contributed by atoms with Crippen LogP contribution in [0.3, 0.4) is 0 Å². The van der Waals surface area contributed by atoms with Gasteiger partial charge in [-0.3, -0.25) is 0 Å². The molecule has 4 heteroatoms. The fourth-order valence-corrected chi connectivity index (χ4v) is 4.39. The maximum atomic E-state index is 3.63. The van der Waals surface area contributed by atoms with Gasteiger partial charge in [0.15, 0.2) is 0 Å². The molecule has 0 aliphatic heterocycles. The van der Waals surface area contributed by atoms with Crippen molar-refractivity contribution < 1.29 is 0 Å². The van der Waals surface area contributed by atoms with E-state index in [-0.39, 0.29) is 0 Å². The molecule has 0 saturated carbocycles. The molecule has 68 valence electrons. The Kier molecular flexibility index (Phi) is 3.33. The summed E-state index contributed by atoms with van der Waals surface area (Å²) >= 11 is 11.3. The molecule has 0 aliphatic rings. The molecule has 13 heavy (non-hydrogen) atoms. The van der Waals surface area contributed by atoms with Gasteiger partial charge in [-0.25, -0.2) is 0 Å². The third-order valence-electron chi connectivity index (χ3n) is 1.86.